The molecule has 14 heavy (non-hydrogen) atoms. The van der Waals surface area contributed by atoms with Crippen molar-refractivity contribution in [2.24, 2.45) is 0 Å². The summed E-state index contributed by atoms with van der Waals surface area (Å²) in [5.74, 6) is 1.47. The van der Waals surface area contributed by atoms with Crippen LogP contribution in [0.15, 0.2) is 24.3 Å². The van der Waals surface area contributed by atoms with E-state index < -0.39 is 0 Å². The lowest BCUT2D eigenvalue weighted by Gasteiger charge is -2.08. The van der Waals surface area contributed by atoms with Gasteiger partial charge in [0.2, 0.25) is 0 Å². The zero-order chi connectivity index (χ0) is 10.6. The van der Waals surface area contributed by atoms with Crippen LogP contribution in [0.25, 0.3) is 5.76 Å². The van der Waals surface area contributed by atoms with Gasteiger partial charge in [-0.1, -0.05) is 11.6 Å². The van der Waals surface area contributed by atoms with E-state index in [1.165, 1.54) is 0 Å². The number of halogens is 1. The van der Waals surface area contributed by atoms with Crippen LogP contribution in [0, 0.1) is 0 Å². The Balaban J connectivity index is 3.08. The topological polar surface area (TPSA) is 18.5 Å². The highest BCUT2D eigenvalue weighted by Crippen LogP contribution is 2.28. The van der Waals surface area contributed by atoms with Crippen molar-refractivity contribution in [1.29, 1.82) is 0 Å². The van der Waals surface area contributed by atoms with Gasteiger partial charge in [0, 0.05) is 5.56 Å². The summed E-state index contributed by atoms with van der Waals surface area (Å²) in [5, 5.41) is 0.585. The first-order valence-corrected chi connectivity index (χ1v) is 4.65. The standard InChI is InChI=1S/C11H13ClO2/c1-4-10(13-2)8-5-6-11(14-3)9(12)7-8/h4-7H,1-3H3. The van der Waals surface area contributed by atoms with Crippen molar-refractivity contribution in [2.75, 3.05) is 14.2 Å². The molecule has 0 atom stereocenters. The molecule has 0 spiro atoms. The van der Waals surface area contributed by atoms with Crippen molar-refractivity contribution >= 4 is 17.4 Å². The van der Waals surface area contributed by atoms with Crippen LogP contribution in [0.4, 0.5) is 0 Å². The minimum atomic E-state index is 0.585. The largest absolute Gasteiger partial charge is 0.496 e. The Morgan fingerprint density at radius 2 is 2.07 bits per heavy atom. The molecule has 1 aromatic carbocycles. The van der Waals surface area contributed by atoms with Gasteiger partial charge >= 0.3 is 0 Å². The Kier molecular flexibility index (Phi) is 3.84. The first-order chi connectivity index (χ1) is 6.72. The number of benzene rings is 1. The maximum absolute atomic E-state index is 5.98. The van der Waals surface area contributed by atoms with Gasteiger partial charge in [0.05, 0.1) is 19.2 Å². The number of rotatable bonds is 3. The Bertz CT molecular complexity index is 345. The van der Waals surface area contributed by atoms with Crippen molar-refractivity contribution in [3.05, 3.63) is 34.9 Å². The van der Waals surface area contributed by atoms with Gasteiger partial charge in [-0.3, -0.25) is 0 Å². The molecule has 2 nitrogen and oxygen atoms in total. The van der Waals surface area contributed by atoms with Crippen LogP contribution in [0.5, 0.6) is 5.75 Å². The van der Waals surface area contributed by atoms with E-state index in [4.69, 9.17) is 21.1 Å². The fraction of sp³-hybridized carbons (Fsp3) is 0.273. The zero-order valence-corrected chi connectivity index (χ0v) is 9.26. The van der Waals surface area contributed by atoms with Crippen molar-refractivity contribution in [3.8, 4) is 5.75 Å². The summed E-state index contributed by atoms with van der Waals surface area (Å²) >= 11 is 5.98. The highest BCUT2D eigenvalue weighted by Gasteiger charge is 2.04. The maximum atomic E-state index is 5.98. The van der Waals surface area contributed by atoms with Gasteiger partial charge in [-0.25, -0.2) is 0 Å². The summed E-state index contributed by atoms with van der Waals surface area (Å²) in [6, 6.07) is 5.54. The summed E-state index contributed by atoms with van der Waals surface area (Å²) in [7, 11) is 3.22. The maximum Gasteiger partial charge on any atom is 0.137 e. The molecule has 76 valence electrons. The van der Waals surface area contributed by atoms with Gasteiger partial charge in [-0.2, -0.15) is 0 Å². The molecule has 1 rings (SSSR count). The predicted octanol–water partition coefficient (Wildman–Crippen LogP) is 3.36. The lowest BCUT2D eigenvalue weighted by atomic mass is 10.2. The fourth-order valence-electron chi connectivity index (χ4n) is 1.22. The average Bonchev–Trinajstić information content (AvgIpc) is 2.20. The number of hydrogen-bond donors (Lipinski definition) is 0. The zero-order valence-electron chi connectivity index (χ0n) is 8.50. The highest BCUT2D eigenvalue weighted by atomic mass is 35.5. The molecule has 0 aromatic heterocycles. The monoisotopic (exact) mass is 212 g/mol. The van der Waals surface area contributed by atoms with Gasteiger partial charge in [0.15, 0.2) is 0 Å². The molecule has 0 aliphatic carbocycles. The van der Waals surface area contributed by atoms with E-state index in [9.17, 15) is 0 Å². The third-order valence-electron chi connectivity index (χ3n) is 1.92. The molecule has 3 heteroatoms. The summed E-state index contributed by atoms with van der Waals surface area (Å²) < 4.78 is 10.2. The van der Waals surface area contributed by atoms with Gasteiger partial charge in [-0.05, 0) is 31.2 Å². The molecule has 0 bridgehead atoms. The second-order valence-corrected chi connectivity index (χ2v) is 3.11. The normalized spacial score (nSPS) is 11.3. The Labute approximate surface area is 89.1 Å². The molecular formula is C11H13ClO2. The average molecular weight is 213 g/mol. The van der Waals surface area contributed by atoms with Crippen molar-refractivity contribution in [1.82, 2.24) is 0 Å². The first kappa shape index (κ1) is 10.9. The van der Waals surface area contributed by atoms with Crippen LogP contribution >= 0.6 is 11.6 Å². The van der Waals surface area contributed by atoms with Crippen molar-refractivity contribution in [2.45, 2.75) is 6.92 Å². The number of hydrogen-bond acceptors (Lipinski definition) is 2. The molecule has 0 fully saturated rings. The summed E-state index contributed by atoms with van der Waals surface area (Å²) in [6.07, 6.45) is 1.89. The van der Waals surface area contributed by atoms with Gasteiger partial charge in [-0.15, -0.1) is 0 Å². The molecule has 0 aliphatic heterocycles. The van der Waals surface area contributed by atoms with Crippen LogP contribution < -0.4 is 4.74 Å². The summed E-state index contributed by atoms with van der Waals surface area (Å²) in [4.78, 5) is 0. The molecule has 0 aliphatic rings. The molecule has 0 unspecified atom stereocenters. The van der Waals surface area contributed by atoms with Crippen LogP contribution in [-0.4, -0.2) is 14.2 Å². The van der Waals surface area contributed by atoms with Gasteiger partial charge < -0.3 is 9.47 Å². The van der Waals surface area contributed by atoms with Crippen molar-refractivity contribution in [3.63, 3.8) is 0 Å². The molecule has 0 N–H and O–H groups in total. The van der Waals surface area contributed by atoms with E-state index >= 15 is 0 Å². The SMILES string of the molecule is CC=C(OC)c1ccc(OC)c(Cl)c1. The third-order valence-corrected chi connectivity index (χ3v) is 2.21. The predicted molar refractivity (Wildman–Crippen MR) is 58.7 cm³/mol. The molecule has 0 saturated carbocycles. The fourth-order valence-corrected chi connectivity index (χ4v) is 1.48. The Morgan fingerprint density at radius 1 is 1.36 bits per heavy atom. The molecule has 0 heterocycles. The molecule has 0 amide bonds. The Hall–Kier alpha value is -1.15. The van der Waals surface area contributed by atoms with Crippen molar-refractivity contribution < 1.29 is 9.47 Å². The molecule has 1 aromatic rings. The highest BCUT2D eigenvalue weighted by molar-refractivity contribution is 6.32. The van der Waals surface area contributed by atoms with Crippen LogP contribution in [0.1, 0.15) is 12.5 Å². The Morgan fingerprint density at radius 3 is 2.50 bits per heavy atom. The van der Waals surface area contributed by atoms with Gasteiger partial charge in [0.25, 0.3) is 0 Å². The van der Waals surface area contributed by atoms with E-state index in [-0.39, 0.29) is 0 Å². The second kappa shape index (κ2) is 4.91. The number of methoxy groups -OCH3 is 2. The first-order valence-electron chi connectivity index (χ1n) is 4.27. The van der Waals surface area contributed by atoms with E-state index in [1.54, 1.807) is 14.2 Å². The van der Waals surface area contributed by atoms with Crippen LogP contribution in [-0.2, 0) is 4.74 Å². The molecule has 0 radical (unpaired) electrons. The third kappa shape index (κ3) is 2.20. The van der Waals surface area contributed by atoms with E-state index in [1.807, 2.05) is 31.2 Å². The summed E-state index contributed by atoms with van der Waals surface area (Å²) in [6.45, 7) is 1.91. The molecule has 0 saturated heterocycles. The number of allylic oxidation sites excluding steroid dienone is 1. The lowest BCUT2D eigenvalue weighted by molar-refractivity contribution is 0.369. The minimum Gasteiger partial charge on any atom is -0.496 e. The summed E-state index contributed by atoms with van der Waals surface area (Å²) in [5.41, 5.74) is 0.945. The van der Waals surface area contributed by atoms with Crippen LogP contribution in [0.2, 0.25) is 5.02 Å². The van der Waals surface area contributed by atoms with E-state index in [0.717, 1.165) is 11.3 Å². The van der Waals surface area contributed by atoms with E-state index in [2.05, 4.69) is 0 Å². The van der Waals surface area contributed by atoms with Gasteiger partial charge in [0.1, 0.15) is 11.5 Å². The molecular weight excluding hydrogens is 200 g/mol. The quantitative estimate of drug-likeness (QED) is 0.716. The lowest BCUT2D eigenvalue weighted by Crippen LogP contribution is -1.89. The van der Waals surface area contributed by atoms with E-state index in [0.29, 0.717) is 10.8 Å². The smallest absolute Gasteiger partial charge is 0.137 e. The minimum absolute atomic E-state index is 0.585. The second-order valence-electron chi connectivity index (χ2n) is 2.71. The van der Waals surface area contributed by atoms with Crippen LogP contribution in [0.3, 0.4) is 0 Å². The number of ether oxygens (including phenoxy) is 2.